The maximum Gasteiger partial charge on any atom is 0.251 e. The molecule has 1 amide bonds. The molecular weight excluding hydrogens is 359 g/mol. The van der Waals surface area contributed by atoms with Crippen LogP contribution in [0.3, 0.4) is 0 Å². The number of nitrogens with zero attached hydrogens (tertiary/aromatic N) is 2. The van der Waals surface area contributed by atoms with Crippen molar-refractivity contribution in [3.8, 4) is 11.1 Å². The van der Waals surface area contributed by atoms with Crippen LogP contribution >= 0.6 is 0 Å². The number of methoxy groups -OCH3 is 1. The standard InChI is InChI=1S/C21H21FN4O2/c1-28-11-3-10-23-20(27)15-6-8-19(9-7-15)26-21-24-13-17(14-25-21)16-4-2-5-18(22)12-16/h2,4-9,12-14H,3,10-11H2,1H3,(H,23,27)(H,24,25,26). The van der Waals surface area contributed by atoms with E-state index in [0.717, 1.165) is 17.7 Å². The molecule has 0 aliphatic carbocycles. The van der Waals surface area contributed by atoms with Gasteiger partial charge in [-0.1, -0.05) is 12.1 Å². The highest BCUT2D eigenvalue weighted by molar-refractivity contribution is 5.94. The van der Waals surface area contributed by atoms with Crippen LogP contribution in [0.15, 0.2) is 60.9 Å². The summed E-state index contributed by atoms with van der Waals surface area (Å²) in [6.45, 7) is 1.18. The largest absolute Gasteiger partial charge is 0.385 e. The molecule has 0 saturated carbocycles. The molecule has 3 aromatic rings. The van der Waals surface area contributed by atoms with Crippen molar-refractivity contribution in [3.63, 3.8) is 0 Å². The molecule has 2 aromatic carbocycles. The summed E-state index contributed by atoms with van der Waals surface area (Å²) in [6.07, 6.45) is 4.03. The number of ether oxygens (including phenoxy) is 1. The maximum atomic E-state index is 13.3. The number of benzene rings is 2. The number of rotatable bonds is 8. The van der Waals surface area contributed by atoms with Gasteiger partial charge in [0.25, 0.3) is 5.91 Å². The average Bonchev–Trinajstić information content (AvgIpc) is 2.72. The Morgan fingerprint density at radius 2 is 1.82 bits per heavy atom. The van der Waals surface area contributed by atoms with Gasteiger partial charge >= 0.3 is 0 Å². The minimum atomic E-state index is -0.303. The van der Waals surface area contributed by atoms with E-state index in [1.165, 1.54) is 12.1 Å². The molecule has 2 N–H and O–H groups in total. The molecule has 1 aromatic heterocycles. The molecular formula is C21H21FN4O2. The van der Waals surface area contributed by atoms with Gasteiger partial charge in [0.2, 0.25) is 5.95 Å². The predicted molar refractivity (Wildman–Crippen MR) is 106 cm³/mol. The smallest absolute Gasteiger partial charge is 0.251 e. The van der Waals surface area contributed by atoms with Crippen molar-refractivity contribution >= 4 is 17.5 Å². The summed E-state index contributed by atoms with van der Waals surface area (Å²) in [7, 11) is 1.63. The van der Waals surface area contributed by atoms with Crippen molar-refractivity contribution in [2.45, 2.75) is 6.42 Å². The van der Waals surface area contributed by atoms with E-state index in [2.05, 4.69) is 20.6 Å². The van der Waals surface area contributed by atoms with Crippen LogP contribution in [0.2, 0.25) is 0 Å². The first-order chi connectivity index (χ1) is 13.7. The Balaban J connectivity index is 1.59. The van der Waals surface area contributed by atoms with Crippen LogP contribution < -0.4 is 10.6 Å². The Hall–Kier alpha value is -3.32. The topological polar surface area (TPSA) is 76.1 Å². The van der Waals surface area contributed by atoms with Crippen molar-refractivity contribution in [1.82, 2.24) is 15.3 Å². The number of nitrogens with one attached hydrogen (secondary N) is 2. The van der Waals surface area contributed by atoms with Crippen molar-refractivity contribution < 1.29 is 13.9 Å². The molecule has 0 bridgehead atoms. The van der Waals surface area contributed by atoms with Gasteiger partial charge in [-0.15, -0.1) is 0 Å². The van der Waals surface area contributed by atoms with E-state index in [9.17, 15) is 9.18 Å². The first-order valence-electron chi connectivity index (χ1n) is 8.88. The minimum Gasteiger partial charge on any atom is -0.385 e. The van der Waals surface area contributed by atoms with Crippen LogP contribution in [0.25, 0.3) is 11.1 Å². The molecule has 0 spiro atoms. The molecule has 6 nitrogen and oxygen atoms in total. The Labute approximate surface area is 162 Å². The van der Waals surface area contributed by atoms with Crippen molar-refractivity contribution in [1.29, 1.82) is 0 Å². The van der Waals surface area contributed by atoms with Gasteiger partial charge < -0.3 is 15.4 Å². The fourth-order valence-electron chi connectivity index (χ4n) is 2.56. The van der Waals surface area contributed by atoms with Crippen molar-refractivity contribution in [3.05, 3.63) is 72.3 Å². The number of amides is 1. The number of hydrogen-bond donors (Lipinski definition) is 2. The molecule has 28 heavy (non-hydrogen) atoms. The van der Waals surface area contributed by atoms with E-state index in [1.807, 2.05) is 0 Å². The lowest BCUT2D eigenvalue weighted by atomic mass is 10.1. The quantitative estimate of drug-likeness (QED) is 0.582. The molecule has 0 aliphatic rings. The number of aromatic nitrogens is 2. The molecule has 0 aliphatic heterocycles. The fraction of sp³-hybridized carbons (Fsp3) is 0.190. The third-order valence-corrected chi connectivity index (χ3v) is 4.02. The third kappa shape index (κ3) is 5.34. The lowest BCUT2D eigenvalue weighted by molar-refractivity contribution is 0.0948. The molecule has 0 fully saturated rings. The summed E-state index contributed by atoms with van der Waals surface area (Å²) in [5.41, 5.74) is 2.78. The Bertz CT molecular complexity index is 914. The number of carbonyl (C=O) groups is 1. The third-order valence-electron chi connectivity index (χ3n) is 4.02. The van der Waals surface area contributed by atoms with Gasteiger partial charge in [-0.2, -0.15) is 0 Å². The van der Waals surface area contributed by atoms with Gasteiger partial charge in [0, 0.05) is 49.5 Å². The molecule has 7 heteroatoms. The van der Waals surface area contributed by atoms with Gasteiger partial charge in [0.05, 0.1) is 0 Å². The molecule has 3 rings (SSSR count). The van der Waals surface area contributed by atoms with E-state index in [-0.39, 0.29) is 11.7 Å². The molecule has 0 unspecified atom stereocenters. The van der Waals surface area contributed by atoms with Crippen LogP contribution in [0.4, 0.5) is 16.0 Å². The van der Waals surface area contributed by atoms with Crippen LogP contribution in [0.1, 0.15) is 16.8 Å². The van der Waals surface area contributed by atoms with Gasteiger partial charge in [0.15, 0.2) is 0 Å². The average molecular weight is 380 g/mol. The summed E-state index contributed by atoms with van der Waals surface area (Å²) >= 11 is 0. The van der Waals surface area contributed by atoms with E-state index in [0.29, 0.717) is 30.2 Å². The second kappa shape index (κ2) is 9.57. The van der Waals surface area contributed by atoms with E-state index < -0.39 is 0 Å². The Morgan fingerprint density at radius 1 is 1.07 bits per heavy atom. The van der Waals surface area contributed by atoms with Gasteiger partial charge in [-0.25, -0.2) is 14.4 Å². The highest BCUT2D eigenvalue weighted by Crippen LogP contribution is 2.20. The summed E-state index contributed by atoms with van der Waals surface area (Å²) < 4.78 is 18.3. The molecule has 144 valence electrons. The summed E-state index contributed by atoms with van der Waals surface area (Å²) in [4.78, 5) is 20.6. The second-order valence-electron chi connectivity index (χ2n) is 6.11. The number of hydrogen-bond acceptors (Lipinski definition) is 5. The molecule has 0 radical (unpaired) electrons. The molecule has 1 heterocycles. The predicted octanol–water partition coefficient (Wildman–Crippen LogP) is 3.79. The zero-order valence-electron chi connectivity index (χ0n) is 15.5. The maximum absolute atomic E-state index is 13.3. The van der Waals surface area contributed by atoms with Gasteiger partial charge in [0.1, 0.15) is 5.82 Å². The van der Waals surface area contributed by atoms with Crippen LogP contribution in [-0.4, -0.2) is 36.1 Å². The highest BCUT2D eigenvalue weighted by Gasteiger charge is 2.06. The number of carbonyl (C=O) groups excluding carboxylic acids is 1. The minimum absolute atomic E-state index is 0.127. The zero-order valence-corrected chi connectivity index (χ0v) is 15.5. The summed E-state index contributed by atoms with van der Waals surface area (Å²) in [5, 5.41) is 5.91. The van der Waals surface area contributed by atoms with Crippen LogP contribution in [-0.2, 0) is 4.74 Å². The monoisotopic (exact) mass is 380 g/mol. The molecule has 0 saturated heterocycles. The Morgan fingerprint density at radius 3 is 2.50 bits per heavy atom. The molecule has 0 atom stereocenters. The SMILES string of the molecule is COCCCNC(=O)c1ccc(Nc2ncc(-c3cccc(F)c3)cn2)cc1. The first-order valence-corrected chi connectivity index (χ1v) is 8.88. The zero-order chi connectivity index (χ0) is 19.8. The summed E-state index contributed by atoms with van der Waals surface area (Å²) in [5.74, 6) is -0.0159. The van der Waals surface area contributed by atoms with E-state index in [1.54, 1.807) is 55.9 Å². The lowest BCUT2D eigenvalue weighted by Crippen LogP contribution is -2.25. The highest BCUT2D eigenvalue weighted by atomic mass is 19.1. The van der Waals surface area contributed by atoms with Crippen LogP contribution in [0.5, 0.6) is 0 Å². The number of anilines is 2. The lowest BCUT2D eigenvalue weighted by Gasteiger charge is -2.08. The number of halogens is 1. The van der Waals surface area contributed by atoms with Crippen molar-refractivity contribution in [2.75, 3.05) is 25.6 Å². The van der Waals surface area contributed by atoms with E-state index >= 15 is 0 Å². The normalized spacial score (nSPS) is 10.5. The van der Waals surface area contributed by atoms with Crippen LogP contribution in [0, 0.1) is 5.82 Å². The van der Waals surface area contributed by atoms with Gasteiger partial charge in [-0.05, 0) is 48.4 Å². The van der Waals surface area contributed by atoms with Gasteiger partial charge in [-0.3, -0.25) is 4.79 Å². The van der Waals surface area contributed by atoms with Crippen molar-refractivity contribution in [2.24, 2.45) is 0 Å². The second-order valence-corrected chi connectivity index (χ2v) is 6.11. The Kier molecular flexibility index (Phi) is 6.64. The van der Waals surface area contributed by atoms with E-state index in [4.69, 9.17) is 4.74 Å². The summed E-state index contributed by atoms with van der Waals surface area (Å²) in [6, 6.07) is 13.3. The first kappa shape index (κ1) is 19.4. The fourth-order valence-corrected chi connectivity index (χ4v) is 2.56.